The van der Waals surface area contributed by atoms with E-state index in [1.807, 2.05) is 38.1 Å². The van der Waals surface area contributed by atoms with Gasteiger partial charge in [-0.2, -0.15) is 5.26 Å². The van der Waals surface area contributed by atoms with Gasteiger partial charge in [0, 0.05) is 5.92 Å². The van der Waals surface area contributed by atoms with Gasteiger partial charge >= 0.3 is 0 Å². The summed E-state index contributed by atoms with van der Waals surface area (Å²) in [5.74, 6) is -0.767. The Kier molecular flexibility index (Phi) is 4.29. The van der Waals surface area contributed by atoms with Gasteiger partial charge in [-0.25, -0.2) is 0 Å². The van der Waals surface area contributed by atoms with Crippen LogP contribution in [0.2, 0.25) is 0 Å². The van der Waals surface area contributed by atoms with Crippen molar-refractivity contribution in [3.05, 3.63) is 35.4 Å². The molecule has 96 valence electrons. The fraction of sp³-hybridized carbons (Fsp3) is 0.500. The van der Waals surface area contributed by atoms with E-state index in [0.717, 1.165) is 5.56 Å². The summed E-state index contributed by atoms with van der Waals surface area (Å²) in [6.07, 6.45) is 0. The first-order chi connectivity index (χ1) is 8.27. The number of Topliss-reactive ketones (excluding diaryl/α,β-unsaturated/α-hetero) is 1. The van der Waals surface area contributed by atoms with Gasteiger partial charge in [0.1, 0.15) is 5.92 Å². The van der Waals surface area contributed by atoms with Crippen LogP contribution in [0.15, 0.2) is 24.3 Å². The molecule has 1 unspecified atom stereocenters. The SMILES string of the molecule is CC(C)C(=O)C(C#N)c1ccc(C(C)(C)C)cc1. The van der Waals surface area contributed by atoms with Crippen LogP contribution in [0.3, 0.4) is 0 Å². The second kappa shape index (κ2) is 5.35. The molecule has 1 aromatic carbocycles. The maximum absolute atomic E-state index is 11.9. The molecule has 0 aromatic heterocycles. The van der Waals surface area contributed by atoms with Gasteiger partial charge in [0.25, 0.3) is 0 Å². The molecule has 0 radical (unpaired) electrons. The van der Waals surface area contributed by atoms with E-state index in [1.165, 1.54) is 5.56 Å². The largest absolute Gasteiger partial charge is 0.298 e. The van der Waals surface area contributed by atoms with Gasteiger partial charge in [-0.1, -0.05) is 58.9 Å². The van der Waals surface area contributed by atoms with Crippen LogP contribution < -0.4 is 0 Å². The molecule has 0 aliphatic carbocycles. The van der Waals surface area contributed by atoms with Crippen LogP contribution in [0, 0.1) is 17.2 Å². The van der Waals surface area contributed by atoms with E-state index < -0.39 is 5.92 Å². The molecule has 0 bridgehead atoms. The van der Waals surface area contributed by atoms with E-state index in [0.29, 0.717) is 0 Å². The van der Waals surface area contributed by atoms with Crippen LogP contribution in [0.5, 0.6) is 0 Å². The van der Waals surface area contributed by atoms with Crippen LogP contribution in [0.1, 0.15) is 51.7 Å². The molecule has 2 nitrogen and oxygen atoms in total. The van der Waals surface area contributed by atoms with Gasteiger partial charge < -0.3 is 0 Å². The first-order valence-electron chi connectivity index (χ1n) is 6.31. The second-order valence-corrected chi connectivity index (χ2v) is 5.99. The third kappa shape index (κ3) is 3.20. The van der Waals surface area contributed by atoms with Crippen molar-refractivity contribution in [2.24, 2.45) is 5.92 Å². The zero-order valence-corrected chi connectivity index (χ0v) is 11.8. The molecule has 1 atom stereocenters. The minimum atomic E-state index is -0.640. The molecule has 0 spiro atoms. The second-order valence-electron chi connectivity index (χ2n) is 5.99. The summed E-state index contributed by atoms with van der Waals surface area (Å²) < 4.78 is 0. The van der Waals surface area contributed by atoms with Crippen LogP contribution in [0.25, 0.3) is 0 Å². The van der Waals surface area contributed by atoms with Gasteiger partial charge in [-0.15, -0.1) is 0 Å². The van der Waals surface area contributed by atoms with Gasteiger partial charge in [0.15, 0.2) is 5.78 Å². The predicted octanol–water partition coefficient (Wildman–Crippen LogP) is 3.82. The molecule has 0 saturated carbocycles. The maximum atomic E-state index is 11.9. The number of benzene rings is 1. The molecule has 0 saturated heterocycles. The fourth-order valence-corrected chi connectivity index (χ4v) is 1.81. The van der Waals surface area contributed by atoms with E-state index in [-0.39, 0.29) is 17.1 Å². The van der Waals surface area contributed by atoms with Gasteiger partial charge in [-0.05, 0) is 16.5 Å². The highest BCUT2D eigenvalue weighted by Crippen LogP contribution is 2.25. The van der Waals surface area contributed by atoms with Crippen molar-refractivity contribution in [3.8, 4) is 6.07 Å². The Hall–Kier alpha value is -1.62. The quantitative estimate of drug-likeness (QED) is 0.809. The van der Waals surface area contributed by atoms with E-state index in [1.54, 1.807) is 0 Å². The van der Waals surface area contributed by atoms with Crippen molar-refractivity contribution >= 4 is 5.78 Å². The highest BCUT2D eigenvalue weighted by Gasteiger charge is 2.23. The molecule has 0 heterocycles. The zero-order chi connectivity index (χ0) is 13.9. The molecule has 0 N–H and O–H groups in total. The molecule has 0 aliphatic rings. The van der Waals surface area contributed by atoms with Crippen molar-refractivity contribution in [3.63, 3.8) is 0 Å². The molecule has 0 aliphatic heterocycles. The minimum absolute atomic E-state index is 0.0130. The number of nitriles is 1. The normalized spacial score (nSPS) is 13.2. The topological polar surface area (TPSA) is 40.9 Å². The van der Waals surface area contributed by atoms with E-state index in [4.69, 9.17) is 5.26 Å². The fourth-order valence-electron chi connectivity index (χ4n) is 1.81. The third-order valence-corrected chi connectivity index (χ3v) is 3.09. The molecular formula is C16H21NO. The lowest BCUT2D eigenvalue weighted by Gasteiger charge is -2.20. The number of carbonyl (C=O) groups excluding carboxylic acids is 1. The monoisotopic (exact) mass is 243 g/mol. The lowest BCUT2D eigenvalue weighted by atomic mass is 9.84. The van der Waals surface area contributed by atoms with Crippen LogP contribution >= 0.6 is 0 Å². The summed E-state index contributed by atoms with van der Waals surface area (Å²) in [4.78, 5) is 11.9. The lowest BCUT2D eigenvalue weighted by molar-refractivity contribution is -0.122. The number of nitrogens with zero attached hydrogens (tertiary/aromatic N) is 1. The van der Waals surface area contributed by atoms with Crippen LogP contribution in [-0.4, -0.2) is 5.78 Å². The van der Waals surface area contributed by atoms with E-state index in [9.17, 15) is 4.79 Å². The van der Waals surface area contributed by atoms with Gasteiger partial charge in [-0.3, -0.25) is 4.79 Å². The van der Waals surface area contributed by atoms with Crippen molar-refractivity contribution in [2.75, 3.05) is 0 Å². The molecular weight excluding hydrogens is 222 g/mol. The zero-order valence-electron chi connectivity index (χ0n) is 11.8. The Bertz CT molecular complexity index is 457. The van der Waals surface area contributed by atoms with Crippen molar-refractivity contribution in [1.29, 1.82) is 5.26 Å². The Labute approximate surface area is 110 Å². The van der Waals surface area contributed by atoms with Crippen LogP contribution in [0.4, 0.5) is 0 Å². The molecule has 1 rings (SSSR count). The number of rotatable bonds is 3. The Balaban J connectivity index is 3.04. The highest BCUT2D eigenvalue weighted by molar-refractivity contribution is 5.89. The summed E-state index contributed by atoms with van der Waals surface area (Å²) in [5.41, 5.74) is 2.09. The third-order valence-electron chi connectivity index (χ3n) is 3.09. The predicted molar refractivity (Wildman–Crippen MR) is 73.3 cm³/mol. The molecule has 0 fully saturated rings. The number of ketones is 1. The summed E-state index contributed by atoms with van der Waals surface area (Å²) >= 11 is 0. The first kappa shape index (κ1) is 14.4. The Morgan fingerprint density at radius 1 is 1.17 bits per heavy atom. The standard InChI is InChI=1S/C16H21NO/c1-11(2)15(18)14(10-17)12-6-8-13(9-7-12)16(3,4)5/h6-9,11,14H,1-5H3. The summed E-state index contributed by atoms with van der Waals surface area (Å²) in [7, 11) is 0. The number of hydrogen-bond donors (Lipinski definition) is 0. The maximum Gasteiger partial charge on any atom is 0.156 e. The average Bonchev–Trinajstić information content (AvgIpc) is 2.29. The number of hydrogen-bond acceptors (Lipinski definition) is 2. The van der Waals surface area contributed by atoms with Crippen molar-refractivity contribution in [1.82, 2.24) is 0 Å². The Morgan fingerprint density at radius 2 is 1.67 bits per heavy atom. The summed E-state index contributed by atoms with van der Waals surface area (Å²) in [5, 5.41) is 9.16. The molecule has 1 aromatic rings. The van der Waals surface area contributed by atoms with Crippen molar-refractivity contribution in [2.45, 2.75) is 46.0 Å². The van der Waals surface area contributed by atoms with Gasteiger partial charge in [0.05, 0.1) is 6.07 Å². The molecule has 0 amide bonds. The first-order valence-corrected chi connectivity index (χ1v) is 6.31. The van der Waals surface area contributed by atoms with E-state index >= 15 is 0 Å². The summed E-state index contributed by atoms with van der Waals surface area (Å²) in [6, 6.07) is 9.92. The highest BCUT2D eigenvalue weighted by atomic mass is 16.1. The van der Waals surface area contributed by atoms with Crippen LogP contribution in [-0.2, 0) is 10.2 Å². The summed E-state index contributed by atoms with van der Waals surface area (Å²) in [6.45, 7) is 10.1. The molecule has 18 heavy (non-hydrogen) atoms. The molecule has 2 heteroatoms. The van der Waals surface area contributed by atoms with Gasteiger partial charge in [0.2, 0.25) is 0 Å². The van der Waals surface area contributed by atoms with Crippen molar-refractivity contribution < 1.29 is 4.79 Å². The minimum Gasteiger partial charge on any atom is -0.298 e. The number of carbonyl (C=O) groups is 1. The smallest absolute Gasteiger partial charge is 0.156 e. The Morgan fingerprint density at radius 3 is 2.00 bits per heavy atom. The lowest BCUT2D eigenvalue weighted by Crippen LogP contribution is -2.17. The van der Waals surface area contributed by atoms with E-state index in [2.05, 4.69) is 26.8 Å². The average molecular weight is 243 g/mol.